The lowest BCUT2D eigenvalue weighted by molar-refractivity contribution is 0.169. The lowest BCUT2D eigenvalue weighted by atomic mass is 9.97. The Morgan fingerprint density at radius 3 is 2.95 bits per heavy atom. The second-order valence-electron chi connectivity index (χ2n) is 6.09. The van der Waals surface area contributed by atoms with E-state index in [-0.39, 0.29) is 0 Å². The third-order valence-electron chi connectivity index (χ3n) is 4.72. The molecule has 4 heteroatoms. The first-order chi connectivity index (χ1) is 10.3. The van der Waals surface area contributed by atoms with Crippen LogP contribution in [0.15, 0.2) is 18.2 Å². The zero-order valence-corrected chi connectivity index (χ0v) is 13.1. The maximum atomic E-state index is 5.50. The summed E-state index contributed by atoms with van der Waals surface area (Å²) >= 11 is 0. The van der Waals surface area contributed by atoms with E-state index < -0.39 is 0 Å². The van der Waals surface area contributed by atoms with E-state index >= 15 is 0 Å². The van der Waals surface area contributed by atoms with Crippen LogP contribution in [0.5, 0.6) is 11.5 Å². The van der Waals surface area contributed by atoms with Gasteiger partial charge in [0.1, 0.15) is 0 Å². The Kier molecular flexibility index (Phi) is 4.66. The van der Waals surface area contributed by atoms with Crippen molar-refractivity contribution < 1.29 is 9.47 Å². The first-order valence-electron chi connectivity index (χ1n) is 8.12. The van der Waals surface area contributed by atoms with Gasteiger partial charge in [0.05, 0.1) is 0 Å². The third kappa shape index (κ3) is 3.33. The van der Waals surface area contributed by atoms with Crippen LogP contribution in [0.2, 0.25) is 0 Å². The van der Waals surface area contributed by atoms with E-state index in [0.717, 1.165) is 30.5 Å². The number of piperidine rings is 1. The molecule has 2 aliphatic rings. The number of benzene rings is 1. The smallest absolute Gasteiger partial charge is 0.231 e. The molecular weight excluding hydrogens is 264 g/mol. The molecule has 0 spiro atoms. The maximum Gasteiger partial charge on any atom is 0.231 e. The van der Waals surface area contributed by atoms with Crippen molar-refractivity contribution in [2.24, 2.45) is 5.92 Å². The summed E-state index contributed by atoms with van der Waals surface area (Å²) in [5.41, 5.74) is 1.31. The van der Waals surface area contributed by atoms with Crippen LogP contribution in [0.3, 0.4) is 0 Å². The Bertz CT molecular complexity index is 472. The van der Waals surface area contributed by atoms with Crippen molar-refractivity contribution in [2.45, 2.75) is 32.7 Å². The van der Waals surface area contributed by atoms with Gasteiger partial charge in [-0.3, -0.25) is 4.90 Å². The molecule has 0 aliphatic carbocycles. The summed E-state index contributed by atoms with van der Waals surface area (Å²) in [7, 11) is 0. The Balaban J connectivity index is 1.67. The normalized spacial score (nSPS) is 22.5. The molecule has 1 N–H and O–H groups in total. The molecule has 2 aliphatic heterocycles. The predicted octanol–water partition coefficient (Wildman–Crippen LogP) is 2.80. The fraction of sp³-hybridized carbons (Fsp3) is 0.647. The average molecular weight is 290 g/mol. The zero-order chi connectivity index (χ0) is 14.7. The van der Waals surface area contributed by atoms with Crippen molar-refractivity contribution in [1.29, 1.82) is 0 Å². The van der Waals surface area contributed by atoms with Crippen LogP contribution in [0.4, 0.5) is 0 Å². The fourth-order valence-corrected chi connectivity index (χ4v) is 3.36. The monoisotopic (exact) mass is 290 g/mol. The molecule has 0 saturated carbocycles. The van der Waals surface area contributed by atoms with E-state index in [1.807, 2.05) is 6.07 Å². The quantitative estimate of drug-likeness (QED) is 0.904. The van der Waals surface area contributed by atoms with Gasteiger partial charge in [-0.1, -0.05) is 13.0 Å². The molecule has 2 unspecified atom stereocenters. The van der Waals surface area contributed by atoms with Crippen LogP contribution in [0, 0.1) is 5.92 Å². The predicted molar refractivity (Wildman–Crippen MR) is 83.8 cm³/mol. The summed E-state index contributed by atoms with van der Waals surface area (Å²) in [6.07, 6.45) is 2.65. The van der Waals surface area contributed by atoms with E-state index in [4.69, 9.17) is 9.47 Å². The molecule has 0 amide bonds. The minimum absolute atomic E-state index is 0.346. The Morgan fingerprint density at radius 2 is 2.19 bits per heavy atom. The van der Waals surface area contributed by atoms with Crippen molar-refractivity contribution in [3.05, 3.63) is 23.8 Å². The second kappa shape index (κ2) is 6.67. The molecule has 0 bridgehead atoms. The topological polar surface area (TPSA) is 33.7 Å². The van der Waals surface area contributed by atoms with Gasteiger partial charge in [0.25, 0.3) is 0 Å². The second-order valence-corrected chi connectivity index (χ2v) is 6.09. The van der Waals surface area contributed by atoms with Gasteiger partial charge >= 0.3 is 0 Å². The standard InChI is InChI=1S/C17H26N2O2/c1-3-19(11-14-5-4-8-18-10-14)13(2)15-6-7-16-17(9-15)21-12-20-16/h6-7,9,13-14,18H,3-5,8,10-12H2,1-2H3. The minimum atomic E-state index is 0.346. The van der Waals surface area contributed by atoms with Gasteiger partial charge in [-0.2, -0.15) is 0 Å². The summed E-state index contributed by atoms with van der Waals surface area (Å²) in [5, 5.41) is 3.51. The highest BCUT2D eigenvalue weighted by molar-refractivity contribution is 5.45. The highest BCUT2D eigenvalue weighted by Gasteiger charge is 2.22. The van der Waals surface area contributed by atoms with Crippen molar-refractivity contribution >= 4 is 0 Å². The van der Waals surface area contributed by atoms with Gasteiger partial charge in [-0.15, -0.1) is 0 Å². The number of hydrogen-bond donors (Lipinski definition) is 1. The van der Waals surface area contributed by atoms with Crippen molar-refractivity contribution in [3.63, 3.8) is 0 Å². The Morgan fingerprint density at radius 1 is 1.33 bits per heavy atom. The number of nitrogens with zero attached hydrogens (tertiary/aromatic N) is 1. The van der Waals surface area contributed by atoms with Crippen molar-refractivity contribution in [2.75, 3.05) is 33.0 Å². The molecule has 21 heavy (non-hydrogen) atoms. The van der Waals surface area contributed by atoms with Gasteiger partial charge in [0.2, 0.25) is 6.79 Å². The van der Waals surface area contributed by atoms with E-state index in [1.54, 1.807) is 0 Å². The maximum absolute atomic E-state index is 5.50. The highest BCUT2D eigenvalue weighted by Crippen LogP contribution is 2.35. The van der Waals surface area contributed by atoms with Crippen LogP contribution in [0.25, 0.3) is 0 Å². The fourth-order valence-electron chi connectivity index (χ4n) is 3.36. The van der Waals surface area contributed by atoms with Crippen molar-refractivity contribution in [1.82, 2.24) is 10.2 Å². The summed E-state index contributed by atoms with van der Waals surface area (Å²) in [6, 6.07) is 6.74. The lowest BCUT2D eigenvalue weighted by Gasteiger charge is -2.33. The summed E-state index contributed by atoms with van der Waals surface area (Å²) in [5.74, 6) is 2.52. The van der Waals surface area contributed by atoms with Crippen LogP contribution in [-0.2, 0) is 0 Å². The SMILES string of the molecule is CCN(CC1CCCNC1)C(C)c1ccc2c(c1)OCO2. The van der Waals surface area contributed by atoms with Crippen LogP contribution >= 0.6 is 0 Å². The number of hydrogen-bond acceptors (Lipinski definition) is 4. The molecule has 0 radical (unpaired) electrons. The zero-order valence-electron chi connectivity index (χ0n) is 13.1. The molecule has 2 heterocycles. The molecular formula is C17H26N2O2. The summed E-state index contributed by atoms with van der Waals surface area (Å²) in [6.45, 7) is 9.46. The first kappa shape index (κ1) is 14.7. The number of fused-ring (bicyclic) bond motifs is 1. The summed E-state index contributed by atoms with van der Waals surface area (Å²) in [4.78, 5) is 2.56. The molecule has 3 rings (SSSR count). The van der Waals surface area contributed by atoms with Crippen LogP contribution in [-0.4, -0.2) is 37.9 Å². The molecule has 4 nitrogen and oxygen atoms in total. The molecule has 1 fully saturated rings. The Hall–Kier alpha value is -1.26. The minimum Gasteiger partial charge on any atom is -0.454 e. The first-order valence-corrected chi connectivity index (χ1v) is 8.12. The molecule has 116 valence electrons. The van der Waals surface area contributed by atoms with E-state index in [1.165, 1.54) is 31.5 Å². The number of rotatable bonds is 5. The number of ether oxygens (including phenoxy) is 2. The van der Waals surface area contributed by atoms with E-state index in [2.05, 4.69) is 36.2 Å². The highest BCUT2D eigenvalue weighted by atomic mass is 16.7. The van der Waals surface area contributed by atoms with Crippen LogP contribution in [0.1, 0.15) is 38.3 Å². The molecule has 1 aromatic carbocycles. The molecule has 0 aromatic heterocycles. The van der Waals surface area contributed by atoms with Gasteiger partial charge < -0.3 is 14.8 Å². The van der Waals surface area contributed by atoms with Gasteiger partial charge in [0, 0.05) is 12.6 Å². The van der Waals surface area contributed by atoms with Gasteiger partial charge in [-0.25, -0.2) is 0 Å². The van der Waals surface area contributed by atoms with Crippen LogP contribution < -0.4 is 14.8 Å². The molecule has 2 atom stereocenters. The number of nitrogens with one attached hydrogen (secondary N) is 1. The van der Waals surface area contributed by atoms with E-state index in [0.29, 0.717) is 12.8 Å². The third-order valence-corrected chi connectivity index (χ3v) is 4.72. The van der Waals surface area contributed by atoms with E-state index in [9.17, 15) is 0 Å². The van der Waals surface area contributed by atoms with Gasteiger partial charge in [0.15, 0.2) is 11.5 Å². The lowest BCUT2D eigenvalue weighted by Crippen LogP contribution is -2.39. The summed E-state index contributed by atoms with van der Waals surface area (Å²) < 4.78 is 10.9. The molecule has 1 aromatic rings. The largest absolute Gasteiger partial charge is 0.454 e. The average Bonchev–Trinajstić information content (AvgIpc) is 3.00. The Labute approximate surface area is 127 Å². The van der Waals surface area contributed by atoms with Crippen molar-refractivity contribution in [3.8, 4) is 11.5 Å². The molecule has 1 saturated heterocycles. The van der Waals surface area contributed by atoms with Gasteiger partial charge in [-0.05, 0) is 63.0 Å².